The van der Waals surface area contributed by atoms with Gasteiger partial charge in [-0.2, -0.15) is 4.31 Å². The molecule has 4 rings (SSSR count). The quantitative estimate of drug-likeness (QED) is 0.678. The Morgan fingerprint density at radius 3 is 2.32 bits per heavy atom. The minimum absolute atomic E-state index is 0.00972. The van der Waals surface area contributed by atoms with Gasteiger partial charge in [0, 0.05) is 23.2 Å². The van der Waals surface area contributed by atoms with Crippen LogP contribution in [0.25, 0.3) is 10.1 Å². The number of sulfonamides is 1. The molecule has 2 saturated heterocycles. The van der Waals surface area contributed by atoms with E-state index in [1.807, 2.05) is 0 Å². The average molecular weight is 466 g/mol. The van der Waals surface area contributed by atoms with E-state index in [-0.39, 0.29) is 28.8 Å². The zero-order chi connectivity index (χ0) is 22.2. The highest BCUT2D eigenvalue weighted by Gasteiger charge is 2.47. The molecule has 2 fully saturated rings. The molecule has 1 amide bonds. The summed E-state index contributed by atoms with van der Waals surface area (Å²) in [6, 6.07) is 7.05. The second-order valence-electron chi connectivity index (χ2n) is 8.10. The number of methoxy groups -OCH3 is 1. The smallest absolute Gasteiger partial charge is 0.349 e. The van der Waals surface area contributed by atoms with Crippen LogP contribution in [0, 0.1) is 0 Å². The Morgan fingerprint density at radius 2 is 1.71 bits per heavy atom. The topological polar surface area (TPSA) is 110 Å². The second kappa shape index (κ2) is 8.50. The summed E-state index contributed by atoms with van der Waals surface area (Å²) < 4.78 is 34.2. The van der Waals surface area contributed by atoms with Crippen LogP contribution in [0.3, 0.4) is 0 Å². The van der Waals surface area contributed by atoms with E-state index >= 15 is 0 Å². The molecular weight excluding hydrogens is 438 g/mol. The van der Waals surface area contributed by atoms with Crippen LogP contribution in [0.15, 0.2) is 29.2 Å². The average Bonchev–Trinajstić information content (AvgIpc) is 3.19. The largest absolute Gasteiger partial charge is 0.465 e. The van der Waals surface area contributed by atoms with E-state index in [0.717, 1.165) is 43.7 Å². The number of hydrogen-bond donors (Lipinski definition) is 1. The second-order valence-corrected chi connectivity index (χ2v) is 11.0. The molecule has 0 unspecified atom stereocenters. The first-order chi connectivity index (χ1) is 14.8. The highest BCUT2D eigenvalue weighted by Crippen LogP contribution is 2.39. The van der Waals surface area contributed by atoms with Crippen LogP contribution >= 0.6 is 11.3 Å². The van der Waals surface area contributed by atoms with Crippen LogP contribution in [0.5, 0.6) is 0 Å². The summed E-state index contributed by atoms with van der Waals surface area (Å²) >= 11 is 1.11. The summed E-state index contributed by atoms with van der Waals surface area (Å²) in [5.74, 6) is -1.06. The molecule has 0 atom stereocenters. The number of carbonyl (C=O) groups excluding carboxylic acids is 2. The molecule has 0 aliphatic carbocycles. The Balaban J connectivity index is 1.67. The molecule has 10 heteroatoms. The molecule has 1 aromatic carbocycles. The summed E-state index contributed by atoms with van der Waals surface area (Å²) in [6.07, 6.45) is 3.85. The van der Waals surface area contributed by atoms with Gasteiger partial charge in [-0.15, -0.1) is 11.3 Å². The molecule has 3 heterocycles. The Hall–Kier alpha value is -2.01. The van der Waals surface area contributed by atoms with Gasteiger partial charge in [-0.25, -0.2) is 13.2 Å². The Labute approximate surface area is 186 Å². The van der Waals surface area contributed by atoms with Gasteiger partial charge in [0.1, 0.15) is 15.3 Å². The lowest BCUT2D eigenvalue weighted by Gasteiger charge is -2.47. The number of esters is 1. The highest BCUT2D eigenvalue weighted by atomic mass is 32.2. The molecule has 0 spiro atoms. The molecule has 0 bridgehead atoms. The SMILES string of the molecule is COC(=O)c1sc2ccccc2c1S(=O)(=O)N1CCC(C(N)=O)(N2CCCCC2)CC1. The summed E-state index contributed by atoms with van der Waals surface area (Å²) in [5, 5.41) is 0.510. The Morgan fingerprint density at radius 1 is 1.06 bits per heavy atom. The zero-order valence-corrected chi connectivity index (χ0v) is 19.1. The lowest BCUT2D eigenvalue weighted by Crippen LogP contribution is -2.63. The van der Waals surface area contributed by atoms with Gasteiger partial charge in [-0.1, -0.05) is 24.6 Å². The predicted octanol–water partition coefficient (Wildman–Crippen LogP) is 2.18. The number of rotatable bonds is 5. The molecule has 8 nitrogen and oxygen atoms in total. The van der Waals surface area contributed by atoms with Crippen molar-refractivity contribution in [3.63, 3.8) is 0 Å². The minimum Gasteiger partial charge on any atom is -0.465 e. The molecule has 0 radical (unpaired) electrons. The first kappa shape index (κ1) is 22.2. The number of amides is 1. The van der Waals surface area contributed by atoms with Crippen LogP contribution in [0.1, 0.15) is 41.8 Å². The predicted molar refractivity (Wildman–Crippen MR) is 119 cm³/mol. The van der Waals surface area contributed by atoms with Crippen LogP contribution < -0.4 is 5.73 Å². The number of hydrogen-bond acceptors (Lipinski definition) is 7. The number of nitrogens with two attached hydrogens (primary N) is 1. The minimum atomic E-state index is -3.97. The Bertz CT molecular complexity index is 1100. The molecule has 168 valence electrons. The van der Waals surface area contributed by atoms with Crippen molar-refractivity contribution in [2.24, 2.45) is 5.73 Å². The van der Waals surface area contributed by atoms with Gasteiger partial charge in [0.2, 0.25) is 15.9 Å². The number of thiophene rings is 1. The monoisotopic (exact) mass is 465 g/mol. The third-order valence-corrected chi connectivity index (χ3v) is 9.75. The van der Waals surface area contributed by atoms with E-state index in [2.05, 4.69) is 4.90 Å². The standard InChI is InChI=1S/C21H27N3O5S2/c1-29-19(25)17-18(15-7-3-4-8-16(15)30-17)31(27,28)24-13-9-21(10-14-24,20(22)26)23-11-5-2-6-12-23/h3-4,7-8H,2,5-6,9-14H2,1H3,(H2,22,26). The van der Waals surface area contributed by atoms with Gasteiger partial charge < -0.3 is 10.5 Å². The van der Waals surface area contributed by atoms with Gasteiger partial charge in [-0.3, -0.25) is 9.69 Å². The fourth-order valence-electron chi connectivity index (χ4n) is 4.77. The normalized spacial score (nSPS) is 20.5. The Kier molecular flexibility index (Phi) is 6.08. The van der Waals surface area contributed by atoms with Crippen molar-refractivity contribution >= 4 is 43.3 Å². The fourth-order valence-corrected chi connectivity index (χ4v) is 7.99. The van der Waals surface area contributed by atoms with Gasteiger partial charge in [0.05, 0.1) is 7.11 Å². The molecule has 2 N–H and O–H groups in total. The van der Waals surface area contributed by atoms with Crippen LogP contribution in [0.2, 0.25) is 0 Å². The van der Waals surface area contributed by atoms with Crippen molar-refractivity contribution in [2.75, 3.05) is 33.3 Å². The number of fused-ring (bicyclic) bond motifs is 1. The lowest BCUT2D eigenvalue weighted by molar-refractivity contribution is -0.134. The van der Waals surface area contributed by atoms with Crippen molar-refractivity contribution in [3.05, 3.63) is 29.1 Å². The van der Waals surface area contributed by atoms with Crippen LogP contribution in [-0.4, -0.2) is 68.3 Å². The molecular formula is C21H27N3O5S2. The summed E-state index contributed by atoms with van der Waals surface area (Å²) in [4.78, 5) is 27.0. The maximum absolute atomic E-state index is 13.7. The van der Waals surface area contributed by atoms with E-state index in [0.29, 0.717) is 22.9 Å². The van der Waals surface area contributed by atoms with E-state index in [4.69, 9.17) is 10.5 Å². The number of ether oxygens (including phenoxy) is 1. The van der Waals surface area contributed by atoms with E-state index in [9.17, 15) is 18.0 Å². The summed E-state index contributed by atoms with van der Waals surface area (Å²) in [7, 11) is -2.73. The number of benzene rings is 1. The van der Waals surface area contributed by atoms with Crippen molar-refractivity contribution in [1.29, 1.82) is 0 Å². The molecule has 2 aromatic rings. The molecule has 2 aliphatic heterocycles. The molecule has 0 saturated carbocycles. The van der Waals surface area contributed by atoms with E-state index in [1.165, 1.54) is 11.4 Å². The van der Waals surface area contributed by atoms with Gasteiger partial charge in [0.25, 0.3) is 0 Å². The molecule has 1 aromatic heterocycles. The first-order valence-corrected chi connectivity index (χ1v) is 12.7. The van der Waals surface area contributed by atoms with Gasteiger partial charge in [-0.05, 0) is 44.8 Å². The van der Waals surface area contributed by atoms with Gasteiger partial charge >= 0.3 is 5.97 Å². The number of primary amides is 1. The van der Waals surface area contributed by atoms with Crippen molar-refractivity contribution < 1.29 is 22.7 Å². The number of carbonyl (C=O) groups is 2. The number of likely N-dealkylation sites (tertiary alicyclic amines) is 1. The van der Waals surface area contributed by atoms with Crippen molar-refractivity contribution in [3.8, 4) is 0 Å². The maximum atomic E-state index is 13.7. The van der Waals surface area contributed by atoms with E-state index in [1.54, 1.807) is 24.3 Å². The van der Waals surface area contributed by atoms with E-state index < -0.39 is 21.5 Å². The lowest BCUT2D eigenvalue weighted by atomic mass is 9.84. The van der Waals surface area contributed by atoms with Crippen molar-refractivity contribution in [1.82, 2.24) is 9.21 Å². The fraction of sp³-hybridized carbons (Fsp3) is 0.524. The van der Waals surface area contributed by atoms with Crippen LogP contribution in [-0.2, 0) is 19.6 Å². The molecule has 2 aliphatic rings. The van der Waals surface area contributed by atoms with Crippen molar-refractivity contribution in [2.45, 2.75) is 42.5 Å². The number of piperidine rings is 2. The van der Waals surface area contributed by atoms with Crippen LogP contribution in [0.4, 0.5) is 0 Å². The maximum Gasteiger partial charge on any atom is 0.349 e. The van der Waals surface area contributed by atoms with Gasteiger partial charge in [0.15, 0.2) is 0 Å². The first-order valence-electron chi connectivity index (χ1n) is 10.5. The zero-order valence-electron chi connectivity index (χ0n) is 17.5. The summed E-state index contributed by atoms with van der Waals surface area (Å²) in [5.41, 5.74) is 5.02. The summed E-state index contributed by atoms with van der Waals surface area (Å²) in [6.45, 7) is 1.95. The molecule has 31 heavy (non-hydrogen) atoms. The third-order valence-electron chi connectivity index (χ3n) is 6.49. The number of nitrogens with zero attached hydrogens (tertiary/aromatic N) is 2. The third kappa shape index (κ3) is 3.75. The highest BCUT2D eigenvalue weighted by molar-refractivity contribution is 7.89.